The highest BCUT2D eigenvalue weighted by Gasteiger charge is 2.16. The van der Waals surface area contributed by atoms with Crippen molar-refractivity contribution in [2.45, 2.75) is 20.0 Å². The number of aryl methyl sites for hydroxylation is 2. The number of aromatic nitrogens is 1. The van der Waals surface area contributed by atoms with Crippen LogP contribution in [0.25, 0.3) is 0 Å². The maximum Gasteiger partial charge on any atom is 0.161 e. The summed E-state index contributed by atoms with van der Waals surface area (Å²) in [5, 5.41) is 10.5. The second-order valence-electron chi connectivity index (χ2n) is 4.64. The first-order chi connectivity index (χ1) is 9.56. The third-order valence-electron chi connectivity index (χ3n) is 3.28. The highest BCUT2D eigenvalue weighted by molar-refractivity contribution is 5.45. The number of hydrogen-bond acceptors (Lipinski definition) is 4. The number of rotatable bonds is 4. The topological polar surface area (TPSA) is 51.6 Å². The van der Waals surface area contributed by atoms with Crippen molar-refractivity contribution in [2.24, 2.45) is 0 Å². The Morgan fingerprint density at radius 1 is 1.00 bits per heavy atom. The molecular weight excluding hydrogens is 254 g/mol. The first kappa shape index (κ1) is 14.3. The van der Waals surface area contributed by atoms with Crippen molar-refractivity contribution in [3.05, 3.63) is 52.8 Å². The number of pyridine rings is 1. The number of benzene rings is 1. The van der Waals surface area contributed by atoms with Gasteiger partial charge in [0, 0.05) is 17.0 Å². The molecule has 1 unspecified atom stereocenters. The number of hydrogen-bond donors (Lipinski definition) is 1. The molecule has 0 aliphatic heterocycles. The first-order valence-electron chi connectivity index (χ1n) is 6.41. The Bertz CT molecular complexity index is 611. The van der Waals surface area contributed by atoms with Crippen LogP contribution in [0, 0.1) is 13.8 Å². The lowest BCUT2D eigenvalue weighted by atomic mass is 9.99. The summed E-state index contributed by atoms with van der Waals surface area (Å²) in [6.45, 7) is 3.83. The van der Waals surface area contributed by atoms with E-state index < -0.39 is 6.10 Å². The minimum atomic E-state index is -0.733. The van der Waals surface area contributed by atoms with Gasteiger partial charge in [-0.05, 0) is 37.6 Å². The molecule has 0 spiro atoms. The number of nitrogens with zero attached hydrogens (tertiary/aromatic N) is 1. The molecule has 1 atom stereocenters. The number of aliphatic hydroxyl groups is 1. The Hall–Kier alpha value is -2.07. The van der Waals surface area contributed by atoms with Crippen LogP contribution in [0.15, 0.2) is 30.3 Å². The van der Waals surface area contributed by atoms with Gasteiger partial charge in [-0.3, -0.25) is 4.98 Å². The van der Waals surface area contributed by atoms with Crippen molar-refractivity contribution in [1.82, 2.24) is 4.98 Å². The van der Waals surface area contributed by atoms with Crippen LogP contribution in [0.3, 0.4) is 0 Å². The van der Waals surface area contributed by atoms with Crippen LogP contribution in [0.2, 0.25) is 0 Å². The summed E-state index contributed by atoms with van der Waals surface area (Å²) in [5.41, 5.74) is 3.30. The van der Waals surface area contributed by atoms with E-state index in [0.29, 0.717) is 11.5 Å². The van der Waals surface area contributed by atoms with Crippen molar-refractivity contribution in [1.29, 1.82) is 0 Å². The number of methoxy groups -OCH3 is 2. The maximum atomic E-state index is 10.5. The van der Waals surface area contributed by atoms with Crippen LogP contribution in [-0.2, 0) is 0 Å². The van der Waals surface area contributed by atoms with Gasteiger partial charge in [0.15, 0.2) is 11.5 Å². The molecule has 0 aliphatic rings. The summed E-state index contributed by atoms with van der Waals surface area (Å²) in [7, 11) is 3.16. The van der Waals surface area contributed by atoms with Crippen LogP contribution in [-0.4, -0.2) is 24.3 Å². The number of ether oxygens (including phenoxy) is 2. The van der Waals surface area contributed by atoms with Crippen LogP contribution in [0.5, 0.6) is 11.5 Å². The van der Waals surface area contributed by atoms with E-state index in [9.17, 15) is 5.11 Å². The Morgan fingerprint density at radius 2 is 1.70 bits per heavy atom. The fraction of sp³-hybridized carbons (Fsp3) is 0.312. The molecule has 106 valence electrons. The van der Waals surface area contributed by atoms with Gasteiger partial charge in [0.1, 0.15) is 6.10 Å². The number of aliphatic hydroxyl groups excluding tert-OH is 1. The van der Waals surface area contributed by atoms with Crippen molar-refractivity contribution < 1.29 is 14.6 Å². The molecule has 0 aliphatic carbocycles. The predicted molar refractivity (Wildman–Crippen MR) is 77.3 cm³/mol. The maximum absolute atomic E-state index is 10.5. The fourth-order valence-corrected chi connectivity index (χ4v) is 2.19. The monoisotopic (exact) mass is 273 g/mol. The van der Waals surface area contributed by atoms with Crippen LogP contribution in [0.1, 0.15) is 28.6 Å². The Morgan fingerprint density at radius 3 is 2.30 bits per heavy atom. The van der Waals surface area contributed by atoms with Gasteiger partial charge in [0.25, 0.3) is 0 Å². The molecule has 1 aromatic carbocycles. The van der Waals surface area contributed by atoms with Gasteiger partial charge in [-0.25, -0.2) is 0 Å². The summed E-state index contributed by atoms with van der Waals surface area (Å²) in [6.07, 6.45) is -0.733. The van der Waals surface area contributed by atoms with Gasteiger partial charge in [0.05, 0.1) is 14.2 Å². The predicted octanol–water partition coefficient (Wildman–Crippen LogP) is 2.80. The molecule has 1 aromatic heterocycles. The van der Waals surface area contributed by atoms with Gasteiger partial charge >= 0.3 is 0 Å². The quantitative estimate of drug-likeness (QED) is 0.930. The minimum absolute atomic E-state index is 0.599. The lowest BCUT2D eigenvalue weighted by Crippen LogP contribution is -2.04. The molecule has 4 nitrogen and oxygen atoms in total. The second-order valence-corrected chi connectivity index (χ2v) is 4.64. The summed E-state index contributed by atoms with van der Waals surface area (Å²) in [5.74, 6) is 1.24. The third kappa shape index (κ3) is 2.75. The molecule has 0 saturated carbocycles. The molecule has 0 bridgehead atoms. The summed E-state index contributed by atoms with van der Waals surface area (Å²) >= 11 is 0. The lowest BCUT2D eigenvalue weighted by molar-refractivity contribution is 0.218. The molecule has 4 heteroatoms. The molecule has 1 N–H and O–H groups in total. The average molecular weight is 273 g/mol. The van der Waals surface area contributed by atoms with Crippen LogP contribution >= 0.6 is 0 Å². The lowest BCUT2D eigenvalue weighted by Gasteiger charge is -2.16. The minimum Gasteiger partial charge on any atom is -0.493 e. The van der Waals surface area contributed by atoms with E-state index in [1.165, 1.54) is 0 Å². The molecule has 2 rings (SSSR count). The van der Waals surface area contributed by atoms with Crippen molar-refractivity contribution >= 4 is 0 Å². The second kappa shape index (κ2) is 5.92. The van der Waals surface area contributed by atoms with Gasteiger partial charge in [0.2, 0.25) is 0 Å². The summed E-state index contributed by atoms with van der Waals surface area (Å²) in [6, 6.07) is 9.19. The van der Waals surface area contributed by atoms with Crippen molar-refractivity contribution in [3.8, 4) is 11.5 Å². The zero-order valence-electron chi connectivity index (χ0n) is 12.2. The molecule has 0 radical (unpaired) electrons. The fourth-order valence-electron chi connectivity index (χ4n) is 2.19. The molecular formula is C16H19NO3. The average Bonchev–Trinajstić information content (AvgIpc) is 2.45. The first-order valence-corrected chi connectivity index (χ1v) is 6.41. The van der Waals surface area contributed by atoms with E-state index in [0.717, 1.165) is 22.5 Å². The highest BCUT2D eigenvalue weighted by atomic mass is 16.5. The molecule has 0 saturated heterocycles. The zero-order valence-corrected chi connectivity index (χ0v) is 12.2. The Kier molecular flexibility index (Phi) is 4.25. The largest absolute Gasteiger partial charge is 0.493 e. The van der Waals surface area contributed by atoms with E-state index in [2.05, 4.69) is 4.98 Å². The smallest absolute Gasteiger partial charge is 0.161 e. The van der Waals surface area contributed by atoms with Crippen LogP contribution < -0.4 is 9.47 Å². The van der Waals surface area contributed by atoms with E-state index in [-0.39, 0.29) is 0 Å². The van der Waals surface area contributed by atoms with E-state index in [1.807, 2.05) is 32.0 Å². The highest BCUT2D eigenvalue weighted by Crippen LogP contribution is 2.32. The molecule has 20 heavy (non-hydrogen) atoms. The summed E-state index contributed by atoms with van der Waals surface area (Å²) in [4.78, 5) is 4.38. The van der Waals surface area contributed by atoms with Gasteiger partial charge in [-0.2, -0.15) is 0 Å². The van der Waals surface area contributed by atoms with Crippen LogP contribution in [0.4, 0.5) is 0 Å². The standard InChI is InChI=1S/C16H19NO3/c1-10-5-7-13(11(2)17-10)16(18)12-6-8-14(19-3)15(9-12)20-4/h5-9,16,18H,1-4H3. The Labute approximate surface area is 119 Å². The van der Waals surface area contributed by atoms with E-state index >= 15 is 0 Å². The van der Waals surface area contributed by atoms with Crippen molar-refractivity contribution in [2.75, 3.05) is 14.2 Å². The summed E-state index contributed by atoms with van der Waals surface area (Å²) < 4.78 is 10.5. The molecule has 1 heterocycles. The normalized spacial score (nSPS) is 12.1. The third-order valence-corrected chi connectivity index (χ3v) is 3.28. The SMILES string of the molecule is COc1ccc(C(O)c2ccc(C)nc2C)cc1OC. The van der Waals surface area contributed by atoms with Crippen molar-refractivity contribution in [3.63, 3.8) is 0 Å². The zero-order chi connectivity index (χ0) is 14.7. The van der Waals surface area contributed by atoms with E-state index in [1.54, 1.807) is 26.4 Å². The Balaban J connectivity index is 2.40. The van der Waals surface area contributed by atoms with Gasteiger partial charge in [-0.1, -0.05) is 12.1 Å². The molecule has 2 aromatic rings. The molecule has 0 amide bonds. The van der Waals surface area contributed by atoms with E-state index in [4.69, 9.17) is 9.47 Å². The van der Waals surface area contributed by atoms with Gasteiger partial charge in [-0.15, -0.1) is 0 Å². The molecule has 0 fully saturated rings. The van der Waals surface area contributed by atoms with Gasteiger partial charge < -0.3 is 14.6 Å².